The van der Waals surface area contributed by atoms with E-state index in [0.29, 0.717) is 5.56 Å². The Morgan fingerprint density at radius 3 is 2.20 bits per heavy atom. The molecule has 0 bridgehead atoms. The molecule has 0 aliphatic heterocycles. The first-order valence-electron chi connectivity index (χ1n) is 10.5. The van der Waals surface area contributed by atoms with Gasteiger partial charge in [0.1, 0.15) is 6.04 Å². The summed E-state index contributed by atoms with van der Waals surface area (Å²) in [6.45, 7) is 10.1. The average molecular weight is 409 g/mol. The zero-order chi connectivity index (χ0) is 21.9. The minimum atomic E-state index is -0.662. The van der Waals surface area contributed by atoms with Gasteiger partial charge >= 0.3 is 0 Å². The molecule has 0 saturated heterocycles. The number of hydrogen-bond acceptors (Lipinski definition) is 4. The molecule has 0 heterocycles. The Labute approximate surface area is 179 Å². The zero-order valence-electron chi connectivity index (χ0n) is 18.3. The molecular formula is C24H32N4O2. The Morgan fingerprint density at radius 1 is 1.00 bits per heavy atom. The molecule has 0 radical (unpaired) electrons. The summed E-state index contributed by atoms with van der Waals surface area (Å²) in [4.78, 5) is 27.4. The maximum absolute atomic E-state index is 12.7. The minimum absolute atomic E-state index is 0.0267. The van der Waals surface area contributed by atoms with Crippen LogP contribution in [0, 0.1) is 5.92 Å². The van der Waals surface area contributed by atoms with Gasteiger partial charge in [0.25, 0.3) is 11.8 Å². The second-order valence-electron chi connectivity index (χ2n) is 7.20. The fourth-order valence-corrected chi connectivity index (χ4v) is 3.12. The molecule has 2 aromatic rings. The van der Waals surface area contributed by atoms with Crippen LogP contribution in [0.3, 0.4) is 0 Å². The standard InChI is InChI=1S/C24H32N4O2/c1-5-18(4)22(26-23(29)20-11-9-8-10-12-20)24(30)27-25-17-19-13-15-21(16-14-19)28(6-2)7-3/h8-18,22H,5-7H2,1-4H3,(H,26,29)(H,27,30)/b25-17-/t18-,22-/m0/s1. The maximum atomic E-state index is 12.7. The molecule has 2 amide bonds. The molecule has 0 fully saturated rings. The van der Waals surface area contributed by atoms with Gasteiger partial charge in [-0.3, -0.25) is 9.59 Å². The number of amides is 2. The highest BCUT2D eigenvalue weighted by molar-refractivity contribution is 5.97. The van der Waals surface area contributed by atoms with Crippen LogP contribution in [0.15, 0.2) is 59.7 Å². The molecule has 6 nitrogen and oxygen atoms in total. The first-order valence-corrected chi connectivity index (χ1v) is 10.5. The van der Waals surface area contributed by atoms with E-state index < -0.39 is 6.04 Å². The summed E-state index contributed by atoms with van der Waals surface area (Å²) in [5, 5.41) is 6.92. The number of carbonyl (C=O) groups is 2. The van der Waals surface area contributed by atoms with E-state index in [0.717, 1.165) is 30.8 Å². The van der Waals surface area contributed by atoms with Crippen molar-refractivity contribution < 1.29 is 9.59 Å². The van der Waals surface area contributed by atoms with Gasteiger partial charge in [-0.2, -0.15) is 5.10 Å². The lowest BCUT2D eigenvalue weighted by atomic mass is 9.98. The Hall–Kier alpha value is -3.15. The van der Waals surface area contributed by atoms with Gasteiger partial charge in [0.15, 0.2) is 0 Å². The summed E-state index contributed by atoms with van der Waals surface area (Å²) in [5.41, 5.74) is 5.13. The zero-order valence-corrected chi connectivity index (χ0v) is 18.3. The highest BCUT2D eigenvalue weighted by Gasteiger charge is 2.26. The van der Waals surface area contributed by atoms with Crippen LogP contribution < -0.4 is 15.6 Å². The number of hydrogen-bond donors (Lipinski definition) is 2. The van der Waals surface area contributed by atoms with Gasteiger partial charge in [0.05, 0.1) is 6.21 Å². The van der Waals surface area contributed by atoms with E-state index in [4.69, 9.17) is 0 Å². The van der Waals surface area contributed by atoms with Crippen LogP contribution in [0.25, 0.3) is 0 Å². The lowest BCUT2D eigenvalue weighted by molar-refractivity contribution is -0.124. The summed E-state index contributed by atoms with van der Waals surface area (Å²) in [7, 11) is 0. The lowest BCUT2D eigenvalue weighted by Crippen LogP contribution is -2.49. The number of rotatable bonds is 10. The molecule has 2 rings (SSSR count). The summed E-state index contributed by atoms with van der Waals surface area (Å²) in [6, 6.07) is 16.2. The molecule has 0 aliphatic carbocycles. The monoisotopic (exact) mass is 408 g/mol. The van der Waals surface area contributed by atoms with Crippen LogP contribution in [0.2, 0.25) is 0 Å². The third-order valence-corrected chi connectivity index (χ3v) is 5.23. The fourth-order valence-electron chi connectivity index (χ4n) is 3.12. The van der Waals surface area contributed by atoms with Crippen LogP contribution >= 0.6 is 0 Å². The molecule has 0 spiro atoms. The third-order valence-electron chi connectivity index (χ3n) is 5.23. The molecule has 0 aliphatic rings. The van der Waals surface area contributed by atoms with Crippen molar-refractivity contribution in [3.63, 3.8) is 0 Å². The van der Waals surface area contributed by atoms with Gasteiger partial charge in [-0.15, -0.1) is 0 Å². The molecular weight excluding hydrogens is 376 g/mol. The first kappa shape index (κ1) is 23.1. The first-order chi connectivity index (χ1) is 14.5. The van der Waals surface area contributed by atoms with Crippen LogP contribution in [-0.2, 0) is 4.79 Å². The topological polar surface area (TPSA) is 73.8 Å². The van der Waals surface area contributed by atoms with Crippen molar-refractivity contribution in [3.8, 4) is 0 Å². The Kier molecular flexibility index (Phi) is 9.06. The summed E-state index contributed by atoms with van der Waals surface area (Å²) >= 11 is 0. The molecule has 2 N–H and O–H groups in total. The molecule has 2 atom stereocenters. The van der Waals surface area contributed by atoms with E-state index in [2.05, 4.69) is 34.6 Å². The smallest absolute Gasteiger partial charge is 0.262 e. The molecule has 0 saturated carbocycles. The Balaban J connectivity index is 2.00. The second-order valence-corrected chi connectivity index (χ2v) is 7.20. The normalized spacial score (nSPS) is 12.9. The fraction of sp³-hybridized carbons (Fsp3) is 0.375. The van der Waals surface area contributed by atoms with Crippen molar-refractivity contribution in [2.24, 2.45) is 11.0 Å². The molecule has 30 heavy (non-hydrogen) atoms. The largest absolute Gasteiger partial charge is 0.372 e. The summed E-state index contributed by atoms with van der Waals surface area (Å²) < 4.78 is 0. The van der Waals surface area contributed by atoms with Crippen molar-refractivity contribution in [3.05, 3.63) is 65.7 Å². The van der Waals surface area contributed by atoms with Crippen molar-refractivity contribution >= 4 is 23.7 Å². The van der Waals surface area contributed by atoms with Crippen molar-refractivity contribution in [1.29, 1.82) is 0 Å². The molecule has 2 aromatic carbocycles. The van der Waals surface area contributed by atoms with Crippen LogP contribution in [-0.4, -0.2) is 37.2 Å². The highest BCUT2D eigenvalue weighted by atomic mass is 16.2. The van der Waals surface area contributed by atoms with E-state index in [1.54, 1.807) is 30.5 Å². The molecule has 6 heteroatoms. The van der Waals surface area contributed by atoms with Crippen molar-refractivity contribution in [1.82, 2.24) is 10.7 Å². The number of hydrazone groups is 1. The number of anilines is 1. The predicted octanol–water partition coefficient (Wildman–Crippen LogP) is 3.83. The van der Waals surface area contributed by atoms with Crippen molar-refractivity contribution in [2.45, 2.75) is 40.2 Å². The Bertz CT molecular complexity index is 830. The second kappa shape index (κ2) is 11.8. The van der Waals surface area contributed by atoms with Gasteiger partial charge in [0.2, 0.25) is 0 Å². The average Bonchev–Trinajstić information content (AvgIpc) is 2.79. The summed E-state index contributed by atoms with van der Waals surface area (Å²) in [6.07, 6.45) is 2.36. The van der Waals surface area contributed by atoms with E-state index in [9.17, 15) is 9.59 Å². The van der Waals surface area contributed by atoms with Crippen LogP contribution in [0.4, 0.5) is 5.69 Å². The number of carbonyl (C=O) groups excluding carboxylic acids is 2. The summed E-state index contributed by atoms with van der Waals surface area (Å²) in [5.74, 6) is -0.627. The third kappa shape index (κ3) is 6.44. The van der Waals surface area contributed by atoms with E-state index in [1.807, 2.05) is 44.2 Å². The Morgan fingerprint density at radius 2 is 1.63 bits per heavy atom. The van der Waals surface area contributed by atoms with Crippen LogP contribution in [0.5, 0.6) is 0 Å². The number of benzene rings is 2. The van der Waals surface area contributed by atoms with Gasteiger partial charge < -0.3 is 10.2 Å². The van der Waals surface area contributed by atoms with E-state index in [1.165, 1.54) is 0 Å². The molecule has 160 valence electrons. The SMILES string of the molecule is CC[C@H](C)[C@H](NC(=O)c1ccccc1)C(=O)N/N=C\c1ccc(N(CC)CC)cc1. The number of nitrogens with one attached hydrogen (secondary N) is 2. The van der Waals surface area contributed by atoms with Gasteiger partial charge in [-0.25, -0.2) is 5.43 Å². The minimum Gasteiger partial charge on any atom is -0.372 e. The van der Waals surface area contributed by atoms with E-state index >= 15 is 0 Å². The number of nitrogens with zero attached hydrogens (tertiary/aromatic N) is 2. The highest BCUT2D eigenvalue weighted by Crippen LogP contribution is 2.14. The molecule has 0 unspecified atom stereocenters. The van der Waals surface area contributed by atoms with Gasteiger partial charge in [-0.1, -0.05) is 50.6 Å². The quantitative estimate of drug-likeness (QED) is 0.464. The van der Waals surface area contributed by atoms with Crippen molar-refractivity contribution in [2.75, 3.05) is 18.0 Å². The maximum Gasteiger partial charge on any atom is 0.262 e. The van der Waals surface area contributed by atoms with E-state index in [-0.39, 0.29) is 17.7 Å². The molecule has 0 aromatic heterocycles. The lowest BCUT2D eigenvalue weighted by Gasteiger charge is -2.22. The van der Waals surface area contributed by atoms with Gasteiger partial charge in [0, 0.05) is 24.3 Å². The van der Waals surface area contributed by atoms with Crippen LogP contribution in [0.1, 0.15) is 50.0 Å². The van der Waals surface area contributed by atoms with Gasteiger partial charge in [-0.05, 0) is 49.6 Å². The predicted molar refractivity (Wildman–Crippen MR) is 123 cm³/mol.